The van der Waals surface area contributed by atoms with Gasteiger partial charge in [0.15, 0.2) is 5.82 Å². The van der Waals surface area contributed by atoms with E-state index in [1.54, 1.807) is 6.07 Å². The van der Waals surface area contributed by atoms with Gasteiger partial charge in [0.1, 0.15) is 0 Å². The lowest BCUT2D eigenvalue weighted by Crippen LogP contribution is -2.52. The first kappa shape index (κ1) is 20.7. The van der Waals surface area contributed by atoms with Crippen molar-refractivity contribution < 1.29 is 19.4 Å². The standard InChI is InChI=1S/C25H27ClFN2O2/c1-24-10-7-17-16-5-6-22(28-2)23(26)19(16)4-3-18(17)20(24)8-11-25(24,30)13-15-9-12-29(31)14-21(15)27/h5-6,9,12,14,17-18,20,30-31H,3-4,7-8,10-11,13H2,1H3/q+1/t17?,18?,20?,24-,25+/m0/s1. The number of rotatable bonds is 2. The summed E-state index contributed by atoms with van der Waals surface area (Å²) in [4.78, 5) is 3.56. The lowest BCUT2D eigenvalue weighted by molar-refractivity contribution is -0.905. The van der Waals surface area contributed by atoms with Crippen molar-refractivity contribution >= 4 is 17.3 Å². The number of benzene rings is 1. The fourth-order valence-electron chi connectivity index (χ4n) is 7.05. The maximum atomic E-state index is 14.4. The van der Waals surface area contributed by atoms with Gasteiger partial charge < -0.3 is 5.11 Å². The Labute approximate surface area is 187 Å². The summed E-state index contributed by atoms with van der Waals surface area (Å²) in [6.07, 6.45) is 8.05. The lowest BCUT2D eigenvalue weighted by atomic mass is 9.52. The molecule has 3 aliphatic carbocycles. The number of aromatic nitrogens is 1. The first-order valence-electron chi connectivity index (χ1n) is 11.1. The molecule has 6 heteroatoms. The van der Waals surface area contributed by atoms with E-state index in [2.05, 4.69) is 17.8 Å². The molecule has 5 atom stereocenters. The SMILES string of the molecule is [C-]#[N+]c1ccc2c(c1Cl)CCC1C2CC[C@@]2(C)C1CC[C@@]2(O)Cc1cc[n+](O)cc1F. The Morgan fingerprint density at radius 2 is 2.06 bits per heavy atom. The van der Waals surface area contributed by atoms with E-state index in [9.17, 15) is 14.7 Å². The van der Waals surface area contributed by atoms with Crippen molar-refractivity contribution in [2.75, 3.05) is 0 Å². The van der Waals surface area contributed by atoms with E-state index in [0.717, 1.165) is 43.9 Å². The molecule has 2 aromatic rings. The van der Waals surface area contributed by atoms with E-state index >= 15 is 0 Å². The smallest absolute Gasteiger partial charge is 0.258 e. The highest BCUT2D eigenvalue weighted by molar-refractivity contribution is 6.34. The number of hydrogen-bond donors (Lipinski definition) is 2. The first-order valence-corrected chi connectivity index (χ1v) is 11.5. The van der Waals surface area contributed by atoms with E-state index in [1.807, 2.05) is 6.07 Å². The maximum Gasteiger partial charge on any atom is 0.258 e. The lowest BCUT2D eigenvalue weighted by Gasteiger charge is -2.53. The molecule has 0 bridgehead atoms. The van der Waals surface area contributed by atoms with Crippen molar-refractivity contribution in [3.63, 3.8) is 0 Å². The number of hydrogen-bond acceptors (Lipinski definition) is 2. The summed E-state index contributed by atoms with van der Waals surface area (Å²) in [5, 5.41) is 21.9. The van der Waals surface area contributed by atoms with Crippen LogP contribution in [0.5, 0.6) is 0 Å². The summed E-state index contributed by atoms with van der Waals surface area (Å²) in [5.74, 6) is 0.757. The summed E-state index contributed by atoms with van der Waals surface area (Å²) < 4.78 is 15.1. The number of aliphatic hydroxyl groups is 1. The maximum absolute atomic E-state index is 14.4. The quantitative estimate of drug-likeness (QED) is 0.373. The Kier molecular flexibility index (Phi) is 4.80. The zero-order valence-electron chi connectivity index (χ0n) is 17.6. The molecule has 1 heterocycles. The van der Waals surface area contributed by atoms with Crippen molar-refractivity contribution in [1.82, 2.24) is 0 Å². The van der Waals surface area contributed by atoms with E-state index in [-0.39, 0.29) is 11.8 Å². The second-order valence-electron chi connectivity index (χ2n) is 9.89. The second kappa shape index (κ2) is 7.18. The summed E-state index contributed by atoms with van der Waals surface area (Å²) in [6, 6.07) is 5.50. The zero-order chi connectivity index (χ0) is 22.0. The molecule has 5 rings (SSSR count). The van der Waals surface area contributed by atoms with Crippen LogP contribution in [0.25, 0.3) is 4.85 Å². The molecule has 3 unspecified atom stereocenters. The van der Waals surface area contributed by atoms with Crippen LogP contribution in [-0.2, 0) is 12.8 Å². The van der Waals surface area contributed by atoms with Crippen molar-refractivity contribution in [2.45, 2.75) is 63.4 Å². The average molecular weight is 442 g/mol. The van der Waals surface area contributed by atoms with Crippen LogP contribution < -0.4 is 4.73 Å². The third-order valence-corrected chi connectivity index (χ3v) is 9.15. The molecule has 2 N–H and O–H groups in total. The molecule has 1 aromatic heterocycles. The monoisotopic (exact) mass is 441 g/mol. The van der Waals surface area contributed by atoms with Crippen molar-refractivity contribution in [2.24, 2.45) is 17.3 Å². The number of nitrogens with zero attached hydrogens (tertiary/aromatic N) is 2. The Morgan fingerprint density at radius 3 is 2.81 bits per heavy atom. The van der Waals surface area contributed by atoms with Crippen LogP contribution in [-0.4, -0.2) is 15.9 Å². The topological polar surface area (TPSA) is 48.7 Å². The predicted molar refractivity (Wildman–Crippen MR) is 115 cm³/mol. The summed E-state index contributed by atoms with van der Waals surface area (Å²) >= 11 is 6.55. The normalized spacial score (nSPS) is 33.8. The molecule has 4 nitrogen and oxygen atoms in total. The van der Waals surface area contributed by atoms with E-state index in [4.69, 9.17) is 18.2 Å². The van der Waals surface area contributed by atoms with Gasteiger partial charge in [-0.05, 0) is 72.8 Å². The minimum Gasteiger partial charge on any atom is -0.389 e. The van der Waals surface area contributed by atoms with Gasteiger partial charge in [-0.25, -0.2) is 4.85 Å². The molecule has 0 radical (unpaired) electrons. The fraction of sp³-hybridized carbons (Fsp3) is 0.520. The van der Waals surface area contributed by atoms with E-state index < -0.39 is 11.4 Å². The highest BCUT2D eigenvalue weighted by Crippen LogP contribution is 2.65. The minimum atomic E-state index is -0.961. The van der Waals surface area contributed by atoms with Crippen LogP contribution in [0.1, 0.15) is 61.6 Å². The van der Waals surface area contributed by atoms with Gasteiger partial charge in [-0.2, -0.15) is 4.39 Å². The fourth-order valence-corrected chi connectivity index (χ4v) is 7.35. The molecular weight excluding hydrogens is 415 g/mol. The largest absolute Gasteiger partial charge is 0.389 e. The molecule has 0 spiro atoms. The Balaban J connectivity index is 1.46. The van der Waals surface area contributed by atoms with E-state index in [1.165, 1.54) is 11.8 Å². The third-order valence-electron chi connectivity index (χ3n) is 8.73. The molecule has 31 heavy (non-hydrogen) atoms. The number of halogens is 2. The summed E-state index contributed by atoms with van der Waals surface area (Å²) in [7, 11) is 0. The number of fused-ring (bicyclic) bond motifs is 5. The Morgan fingerprint density at radius 1 is 1.26 bits per heavy atom. The van der Waals surface area contributed by atoms with Crippen LogP contribution in [0, 0.1) is 29.6 Å². The summed E-state index contributed by atoms with van der Waals surface area (Å²) in [6.45, 7) is 9.53. The average Bonchev–Trinajstić information content (AvgIpc) is 3.01. The van der Waals surface area contributed by atoms with Gasteiger partial charge in [-0.3, -0.25) is 5.21 Å². The Hall–Kier alpha value is -2.16. The van der Waals surface area contributed by atoms with E-state index in [0.29, 0.717) is 45.2 Å². The van der Waals surface area contributed by atoms with Crippen molar-refractivity contribution in [1.29, 1.82) is 0 Å². The summed E-state index contributed by atoms with van der Waals surface area (Å²) in [5.41, 5.74) is 2.16. The molecular formula is C25H27ClFN2O2+. The molecule has 1 aromatic carbocycles. The zero-order valence-corrected chi connectivity index (χ0v) is 18.4. The van der Waals surface area contributed by atoms with Crippen LogP contribution in [0.15, 0.2) is 30.6 Å². The second-order valence-corrected chi connectivity index (χ2v) is 10.3. The molecule has 0 saturated heterocycles. The molecule has 3 aliphatic rings. The van der Waals surface area contributed by atoms with Gasteiger partial charge in [-0.15, -0.1) is 0 Å². The Bertz CT molecular complexity index is 1100. The highest BCUT2D eigenvalue weighted by Gasteiger charge is 2.61. The van der Waals surface area contributed by atoms with Gasteiger partial charge >= 0.3 is 0 Å². The van der Waals surface area contributed by atoms with Crippen LogP contribution >= 0.6 is 11.6 Å². The predicted octanol–water partition coefficient (Wildman–Crippen LogP) is 5.38. The molecule has 0 amide bonds. The van der Waals surface area contributed by atoms with Gasteiger partial charge in [0, 0.05) is 22.8 Å². The van der Waals surface area contributed by atoms with Gasteiger partial charge in [-0.1, -0.05) is 30.7 Å². The molecule has 0 aliphatic heterocycles. The molecule has 2 saturated carbocycles. The van der Waals surface area contributed by atoms with Gasteiger partial charge in [0.25, 0.3) is 6.20 Å². The molecule has 2 fully saturated rings. The van der Waals surface area contributed by atoms with Gasteiger partial charge in [0.2, 0.25) is 11.9 Å². The third kappa shape index (κ3) is 2.99. The first-order chi connectivity index (χ1) is 14.8. The van der Waals surface area contributed by atoms with Crippen molar-refractivity contribution in [3.8, 4) is 0 Å². The minimum absolute atomic E-state index is 0.265. The van der Waals surface area contributed by atoms with Gasteiger partial charge in [0.05, 0.1) is 17.2 Å². The highest BCUT2D eigenvalue weighted by atomic mass is 35.5. The van der Waals surface area contributed by atoms with Crippen LogP contribution in [0.4, 0.5) is 10.1 Å². The van der Waals surface area contributed by atoms with Crippen LogP contribution in [0.2, 0.25) is 5.02 Å². The number of pyridine rings is 1. The van der Waals surface area contributed by atoms with Crippen molar-refractivity contribution in [3.05, 3.63) is 69.5 Å². The van der Waals surface area contributed by atoms with Crippen LogP contribution in [0.3, 0.4) is 0 Å². The molecule has 162 valence electrons.